The molecule has 0 saturated heterocycles. The highest BCUT2D eigenvalue weighted by atomic mass is 16.5. The first-order valence-electron chi connectivity index (χ1n) is 9.47. The van der Waals surface area contributed by atoms with E-state index < -0.39 is 5.91 Å². The van der Waals surface area contributed by atoms with Gasteiger partial charge < -0.3 is 10.1 Å². The van der Waals surface area contributed by atoms with E-state index in [1.165, 1.54) is 5.56 Å². The first kappa shape index (κ1) is 19.9. The lowest BCUT2D eigenvalue weighted by molar-refractivity contribution is -0.112. The lowest BCUT2D eigenvalue weighted by Gasteiger charge is -2.07. The van der Waals surface area contributed by atoms with Crippen LogP contribution < -0.4 is 10.1 Å². The number of nitrogens with zero attached hydrogens (tertiary/aromatic N) is 1. The van der Waals surface area contributed by atoms with Gasteiger partial charge in [0.25, 0.3) is 5.91 Å². The molecule has 0 aromatic heterocycles. The van der Waals surface area contributed by atoms with Crippen molar-refractivity contribution in [1.82, 2.24) is 0 Å². The van der Waals surface area contributed by atoms with Gasteiger partial charge in [0, 0.05) is 5.69 Å². The van der Waals surface area contributed by atoms with Crippen molar-refractivity contribution in [1.29, 1.82) is 5.26 Å². The number of ether oxygens (including phenoxy) is 1. The van der Waals surface area contributed by atoms with Gasteiger partial charge in [-0.15, -0.1) is 0 Å². The van der Waals surface area contributed by atoms with Crippen molar-refractivity contribution in [2.24, 2.45) is 0 Å². The zero-order chi connectivity index (χ0) is 20.5. The van der Waals surface area contributed by atoms with Crippen LogP contribution in [0.4, 0.5) is 5.69 Å². The molecule has 0 heterocycles. The molecule has 0 atom stereocenters. The van der Waals surface area contributed by atoms with Crippen LogP contribution in [-0.4, -0.2) is 5.91 Å². The molecule has 3 rings (SSSR count). The molecule has 0 saturated carbocycles. The molecule has 1 N–H and O–H groups in total. The van der Waals surface area contributed by atoms with E-state index in [0.717, 1.165) is 23.3 Å². The number of aryl methyl sites for hydroxylation is 1. The fraction of sp³-hybridized carbons (Fsp3) is 0.120. The summed E-state index contributed by atoms with van der Waals surface area (Å²) in [6.45, 7) is 2.56. The summed E-state index contributed by atoms with van der Waals surface area (Å²) in [4.78, 5) is 12.4. The second-order valence-electron chi connectivity index (χ2n) is 6.52. The molecule has 29 heavy (non-hydrogen) atoms. The minimum atomic E-state index is -0.429. The van der Waals surface area contributed by atoms with E-state index in [1.807, 2.05) is 84.9 Å². The van der Waals surface area contributed by atoms with E-state index in [-0.39, 0.29) is 5.57 Å². The molecule has 0 fully saturated rings. The zero-order valence-corrected chi connectivity index (χ0v) is 16.3. The highest BCUT2D eigenvalue weighted by Gasteiger charge is 2.09. The van der Waals surface area contributed by atoms with Crippen LogP contribution in [0.3, 0.4) is 0 Å². The van der Waals surface area contributed by atoms with Gasteiger partial charge in [0.2, 0.25) is 0 Å². The molecule has 0 aliphatic heterocycles. The Morgan fingerprint density at radius 2 is 1.66 bits per heavy atom. The number of hydrogen-bond acceptors (Lipinski definition) is 3. The smallest absolute Gasteiger partial charge is 0.266 e. The van der Waals surface area contributed by atoms with E-state index >= 15 is 0 Å². The van der Waals surface area contributed by atoms with Crippen molar-refractivity contribution in [2.75, 3.05) is 5.32 Å². The van der Waals surface area contributed by atoms with Gasteiger partial charge in [0.1, 0.15) is 24.0 Å². The Kier molecular flexibility index (Phi) is 6.80. The van der Waals surface area contributed by atoms with Crippen LogP contribution in [0.15, 0.2) is 84.4 Å². The Balaban J connectivity index is 1.63. The standard InChI is InChI=1S/C25H22N2O2/c1-2-19-8-12-23(13-9-19)27-25(28)22(17-26)16-20-10-14-24(15-11-20)29-18-21-6-4-3-5-7-21/h3-16H,2,18H2,1H3,(H,27,28). The van der Waals surface area contributed by atoms with Gasteiger partial charge in [-0.2, -0.15) is 5.26 Å². The summed E-state index contributed by atoms with van der Waals surface area (Å²) < 4.78 is 5.76. The van der Waals surface area contributed by atoms with Crippen molar-refractivity contribution < 1.29 is 9.53 Å². The zero-order valence-electron chi connectivity index (χ0n) is 16.3. The maximum atomic E-state index is 12.4. The minimum Gasteiger partial charge on any atom is -0.489 e. The average Bonchev–Trinajstić information content (AvgIpc) is 2.78. The maximum absolute atomic E-state index is 12.4. The van der Waals surface area contributed by atoms with Crippen LogP contribution in [0.1, 0.15) is 23.6 Å². The van der Waals surface area contributed by atoms with E-state index in [2.05, 4.69) is 12.2 Å². The lowest BCUT2D eigenvalue weighted by atomic mass is 10.1. The van der Waals surface area contributed by atoms with Crippen LogP contribution in [0.2, 0.25) is 0 Å². The van der Waals surface area contributed by atoms with Gasteiger partial charge in [0.05, 0.1) is 0 Å². The van der Waals surface area contributed by atoms with Gasteiger partial charge in [-0.05, 0) is 53.5 Å². The second-order valence-corrected chi connectivity index (χ2v) is 6.52. The third-order valence-electron chi connectivity index (χ3n) is 4.42. The van der Waals surface area contributed by atoms with Crippen molar-refractivity contribution >= 4 is 17.7 Å². The van der Waals surface area contributed by atoms with Crippen molar-refractivity contribution in [3.05, 3.63) is 101 Å². The number of hydrogen-bond donors (Lipinski definition) is 1. The number of rotatable bonds is 7. The molecular formula is C25H22N2O2. The summed E-state index contributed by atoms with van der Waals surface area (Å²) in [6, 6.07) is 26.8. The Hall–Kier alpha value is -3.84. The quantitative estimate of drug-likeness (QED) is 0.441. The minimum absolute atomic E-state index is 0.0440. The molecule has 0 unspecified atom stereocenters. The topological polar surface area (TPSA) is 62.1 Å². The van der Waals surface area contributed by atoms with Crippen molar-refractivity contribution in [3.8, 4) is 11.8 Å². The number of carbonyl (C=O) groups is 1. The van der Waals surface area contributed by atoms with Crippen LogP contribution >= 0.6 is 0 Å². The maximum Gasteiger partial charge on any atom is 0.266 e. The monoisotopic (exact) mass is 382 g/mol. The predicted molar refractivity (Wildman–Crippen MR) is 115 cm³/mol. The molecule has 1 amide bonds. The Labute approximate surface area is 171 Å². The number of nitrogens with one attached hydrogen (secondary N) is 1. The van der Waals surface area contributed by atoms with Crippen molar-refractivity contribution in [3.63, 3.8) is 0 Å². The molecule has 0 bridgehead atoms. The van der Waals surface area contributed by atoms with Crippen LogP contribution in [0, 0.1) is 11.3 Å². The summed E-state index contributed by atoms with van der Waals surface area (Å²) in [5.41, 5.74) is 3.74. The lowest BCUT2D eigenvalue weighted by Crippen LogP contribution is -2.13. The van der Waals surface area contributed by atoms with Crippen LogP contribution in [0.25, 0.3) is 6.08 Å². The summed E-state index contributed by atoms with van der Waals surface area (Å²) in [7, 11) is 0. The van der Waals surface area contributed by atoms with Gasteiger partial charge in [-0.3, -0.25) is 4.79 Å². The number of benzene rings is 3. The van der Waals surface area contributed by atoms with E-state index in [9.17, 15) is 10.1 Å². The third-order valence-corrected chi connectivity index (χ3v) is 4.42. The molecule has 0 aliphatic carbocycles. The normalized spacial score (nSPS) is 10.8. The summed E-state index contributed by atoms with van der Waals surface area (Å²) in [5, 5.41) is 12.1. The Morgan fingerprint density at radius 1 is 0.966 bits per heavy atom. The molecule has 3 aromatic rings. The molecule has 3 aromatic carbocycles. The van der Waals surface area contributed by atoms with E-state index in [0.29, 0.717) is 12.3 Å². The number of anilines is 1. The molecular weight excluding hydrogens is 360 g/mol. The van der Waals surface area contributed by atoms with Gasteiger partial charge in [-0.25, -0.2) is 0 Å². The second kappa shape index (κ2) is 9.91. The Bertz CT molecular complexity index is 1020. The number of nitriles is 1. The summed E-state index contributed by atoms with van der Waals surface area (Å²) in [6.07, 6.45) is 2.50. The van der Waals surface area contributed by atoms with Gasteiger partial charge >= 0.3 is 0 Å². The first-order chi connectivity index (χ1) is 14.2. The summed E-state index contributed by atoms with van der Waals surface area (Å²) >= 11 is 0. The number of amides is 1. The molecule has 0 aliphatic rings. The fourth-order valence-corrected chi connectivity index (χ4v) is 2.74. The molecule has 0 radical (unpaired) electrons. The van der Waals surface area contributed by atoms with Crippen molar-refractivity contribution in [2.45, 2.75) is 20.0 Å². The van der Waals surface area contributed by atoms with E-state index in [4.69, 9.17) is 4.74 Å². The Morgan fingerprint density at radius 3 is 2.28 bits per heavy atom. The SMILES string of the molecule is CCc1ccc(NC(=O)C(C#N)=Cc2ccc(OCc3ccccc3)cc2)cc1. The highest BCUT2D eigenvalue weighted by molar-refractivity contribution is 6.09. The highest BCUT2D eigenvalue weighted by Crippen LogP contribution is 2.17. The third kappa shape index (κ3) is 5.82. The molecule has 4 heteroatoms. The van der Waals surface area contributed by atoms with E-state index in [1.54, 1.807) is 6.08 Å². The van der Waals surface area contributed by atoms with Crippen LogP contribution in [0.5, 0.6) is 5.75 Å². The predicted octanol–water partition coefficient (Wildman–Crippen LogP) is 5.37. The molecule has 0 spiro atoms. The first-order valence-corrected chi connectivity index (χ1v) is 9.47. The fourth-order valence-electron chi connectivity index (χ4n) is 2.74. The molecule has 144 valence electrons. The largest absolute Gasteiger partial charge is 0.489 e. The van der Waals surface area contributed by atoms with Gasteiger partial charge in [-0.1, -0.05) is 61.5 Å². The number of carbonyl (C=O) groups excluding carboxylic acids is 1. The summed E-state index contributed by atoms with van der Waals surface area (Å²) in [5.74, 6) is 0.297. The van der Waals surface area contributed by atoms with Crippen LogP contribution in [-0.2, 0) is 17.8 Å². The molecule has 4 nitrogen and oxygen atoms in total. The average molecular weight is 382 g/mol. The van der Waals surface area contributed by atoms with Gasteiger partial charge in [0.15, 0.2) is 0 Å².